The first kappa shape index (κ1) is 13.2. The number of rotatable bonds is 7. The molecule has 0 atom stereocenters. The molecule has 6 heteroatoms. The van der Waals surface area contributed by atoms with Crippen LogP contribution in [0.3, 0.4) is 0 Å². The van der Waals surface area contributed by atoms with Gasteiger partial charge in [-0.25, -0.2) is 4.98 Å². The number of nitrogens with one attached hydrogen (secondary N) is 1. The first-order valence-electron chi connectivity index (χ1n) is 5.53. The Morgan fingerprint density at radius 3 is 2.82 bits per heavy atom. The number of carbonyl (C=O) groups excluding carboxylic acids is 1. The first-order chi connectivity index (χ1) is 8.08. The van der Waals surface area contributed by atoms with Gasteiger partial charge >= 0.3 is 5.97 Å². The summed E-state index contributed by atoms with van der Waals surface area (Å²) in [6.45, 7) is 0.531. The van der Waals surface area contributed by atoms with E-state index in [1.807, 2.05) is 17.8 Å². The van der Waals surface area contributed by atoms with E-state index in [1.165, 1.54) is 0 Å². The van der Waals surface area contributed by atoms with Crippen molar-refractivity contribution in [1.29, 1.82) is 0 Å². The van der Waals surface area contributed by atoms with Crippen molar-refractivity contribution in [1.82, 2.24) is 14.9 Å². The number of nitrogens with zero attached hydrogens (tertiary/aromatic N) is 2. The number of aryl methyl sites for hydroxylation is 1. The van der Waals surface area contributed by atoms with E-state index in [4.69, 9.17) is 5.11 Å². The molecular formula is C11H17N3O3. The Morgan fingerprint density at radius 1 is 1.47 bits per heavy atom. The SMILES string of the molecule is Cn1cnc(CCNC(=O)CCCC(=O)O)c1. The van der Waals surface area contributed by atoms with Crippen molar-refractivity contribution in [2.45, 2.75) is 25.7 Å². The maximum absolute atomic E-state index is 11.3. The van der Waals surface area contributed by atoms with Gasteiger partial charge in [0.25, 0.3) is 0 Å². The van der Waals surface area contributed by atoms with E-state index >= 15 is 0 Å². The van der Waals surface area contributed by atoms with Gasteiger partial charge in [0.05, 0.1) is 12.0 Å². The van der Waals surface area contributed by atoms with Crippen LogP contribution < -0.4 is 5.32 Å². The van der Waals surface area contributed by atoms with Gasteiger partial charge in [-0.3, -0.25) is 9.59 Å². The molecule has 1 aromatic heterocycles. The summed E-state index contributed by atoms with van der Waals surface area (Å²) in [6.07, 6.45) is 4.97. The van der Waals surface area contributed by atoms with Gasteiger partial charge in [0.15, 0.2) is 0 Å². The number of hydrogen-bond donors (Lipinski definition) is 2. The van der Waals surface area contributed by atoms with Gasteiger partial charge in [-0.05, 0) is 6.42 Å². The number of imidazole rings is 1. The fraction of sp³-hybridized carbons (Fsp3) is 0.545. The largest absolute Gasteiger partial charge is 0.481 e. The molecule has 0 unspecified atom stereocenters. The van der Waals surface area contributed by atoms with Crippen LogP contribution in [-0.2, 0) is 23.1 Å². The second kappa shape index (κ2) is 6.67. The number of carbonyl (C=O) groups is 2. The second-order valence-electron chi connectivity index (χ2n) is 3.88. The van der Waals surface area contributed by atoms with Crippen molar-refractivity contribution in [3.63, 3.8) is 0 Å². The topological polar surface area (TPSA) is 84.2 Å². The maximum atomic E-state index is 11.3. The highest BCUT2D eigenvalue weighted by Crippen LogP contribution is 1.96. The number of aromatic nitrogens is 2. The third-order valence-corrected chi connectivity index (χ3v) is 2.26. The lowest BCUT2D eigenvalue weighted by Gasteiger charge is -2.02. The predicted octanol–water partition coefficient (Wildman–Crippen LogP) is 0.334. The molecule has 0 saturated heterocycles. The van der Waals surface area contributed by atoms with Crippen LogP contribution in [0.25, 0.3) is 0 Å². The lowest BCUT2D eigenvalue weighted by molar-refractivity contribution is -0.137. The Morgan fingerprint density at radius 2 is 2.24 bits per heavy atom. The summed E-state index contributed by atoms with van der Waals surface area (Å²) < 4.78 is 1.85. The molecule has 0 aromatic carbocycles. The van der Waals surface area contributed by atoms with Crippen LogP contribution in [-0.4, -0.2) is 33.1 Å². The Balaban J connectivity index is 2.10. The fourth-order valence-electron chi connectivity index (χ4n) is 1.41. The molecule has 0 saturated carbocycles. The third kappa shape index (κ3) is 5.70. The van der Waals surface area contributed by atoms with E-state index in [0.717, 1.165) is 5.69 Å². The number of carboxylic acids is 1. The maximum Gasteiger partial charge on any atom is 0.303 e. The normalized spacial score (nSPS) is 10.2. The van der Waals surface area contributed by atoms with Crippen LogP contribution in [0.15, 0.2) is 12.5 Å². The molecule has 2 N–H and O–H groups in total. The van der Waals surface area contributed by atoms with Gasteiger partial charge in [-0.1, -0.05) is 0 Å². The van der Waals surface area contributed by atoms with Crippen molar-refractivity contribution in [3.8, 4) is 0 Å². The molecule has 0 fully saturated rings. The lowest BCUT2D eigenvalue weighted by Crippen LogP contribution is -2.25. The quantitative estimate of drug-likeness (QED) is 0.718. The van der Waals surface area contributed by atoms with E-state index in [-0.39, 0.29) is 18.7 Å². The summed E-state index contributed by atoms with van der Waals surface area (Å²) in [5.74, 6) is -0.978. The zero-order valence-corrected chi connectivity index (χ0v) is 9.85. The van der Waals surface area contributed by atoms with Crippen molar-refractivity contribution in [2.75, 3.05) is 6.54 Å². The summed E-state index contributed by atoms with van der Waals surface area (Å²) in [7, 11) is 1.89. The molecule has 1 amide bonds. The van der Waals surface area contributed by atoms with E-state index in [1.54, 1.807) is 6.33 Å². The molecule has 94 valence electrons. The second-order valence-corrected chi connectivity index (χ2v) is 3.88. The fourth-order valence-corrected chi connectivity index (χ4v) is 1.41. The van der Waals surface area contributed by atoms with Gasteiger partial charge in [-0.2, -0.15) is 0 Å². The molecule has 0 aliphatic rings. The lowest BCUT2D eigenvalue weighted by atomic mass is 10.2. The third-order valence-electron chi connectivity index (χ3n) is 2.26. The predicted molar refractivity (Wildman–Crippen MR) is 61.4 cm³/mol. The molecule has 0 aliphatic carbocycles. The summed E-state index contributed by atoms with van der Waals surface area (Å²) in [4.78, 5) is 25.7. The number of aliphatic carboxylic acids is 1. The average molecular weight is 239 g/mol. The van der Waals surface area contributed by atoms with E-state index in [9.17, 15) is 9.59 Å². The van der Waals surface area contributed by atoms with Crippen molar-refractivity contribution in [2.24, 2.45) is 7.05 Å². The molecule has 0 aliphatic heterocycles. The Kier molecular flexibility index (Phi) is 5.19. The van der Waals surface area contributed by atoms with Crippen molar-refractivity contribution >= 4 is 11.9 Å². The molecule has 6 nitrogen and oxygen atoms in total. The molecule has 0 radical (unpaired) electrons. The van der Waals surface area contributed by atoms with Gasteiger partial charge in [0, 0.05) is 39.1 Å². The number of amides is 1. The van der Waals surface area contributed by atoms with Gasteiger partial charge in [0.2, 0.25) is 5.91 Å². The first-order valence-corrected chi connectivity index (χ1v) is 5.53. The summed E-state index contributed by atoms with van der Waals surface area (Å²) in [6, 6.07) is 0. The van der Waals surface area contributed by atoms with Crippen LogP contribution in [0.2, 0.25) is 0 Å². The minimum Gasteiger partial charge on any atom is -0.481 e. The zero-order chi connectivity index (χ0) is 12.7. The van der Waals surface area contributed by atoms with Crippen LogP contribution in [0.1, 0.15) is 25.0 Å². The summed E-state index contributed by atoms with van der Waals surface area (Å²) >= 11 is 0. The smallest absolute Gasteiger partial charge is 0.303 e. The Labute approximate surface area is 99.7 Å². The highest BCUT2D eigenvalue weighted by Gasteiger charge is 2.03. The number of hydrogen-bond acceptors (Lipinski definition) is 3. The van der Waals surface area contributed by atoms with E-state index < -0.39 is 5.97 Å². The molecule has 1 heterocycles. The standard InChI is InChI=1S/C11H17N3O3/c1-14-7-9(13-8-14)5-6-12-10(15)3-2-4-11(16)17/h7-8H,2-6H2,1H3,(H,12,15)(H,16,17). The zero-order valence-electron chi connectivity index (χ0n) is 9.85. The highest BCUT2D eigenvalue weighted by molar-refractivity contribution is 5.76. The minimum absolute atomic E-state index is 0.0354. The molecule has 1 rings (SSSR count). The molecule has 0 bridgehead atoms. The molecule has 0 spiro atoms. The van der Waals surface area contributed by atoms with Gasteiger partial charge in [0.1, 0.15) is 0 Å². The van der Waals surface area contributed by atoms with Crippen molar-refractivity contribution < 1.29 is 14.7 Å². The Hall–Kier alpha value is -1.85. The molecule has 17 heavy (non-hydrogen) atoms. The number of carboxylic acid groups (broad SMARTS) is 1. The van der Waals surface area contributed by atoms with Crippen molar-refractivity contribution in [3.05, 3.63) is 18.2 Å². The highest BCUT2D eigenvalue weighted by atomic mass is 16.4. The van der Waals surface area contributed by atoms with E-state index in [0.29, 0.717) is 19.4 Å². The summed E-state index contributed by atoms with van der Waals surface area (Å²) in [5.41, 5.74) is 0.929. The van der Waals surface area contributed by atoms with Crippen LogP contribution in [0, 0.1) is 0 Å². The van der Waals surface area contributed by atoms with Crippen LogP contribution in [0.5, 0.6) is 0 Å². The molecular weight excluding hydrogens is 222 g/mol. The van der Waals surface area contributed by atoms with Crippen LogP contribution in [0.4, 0.5) is 0 Å². The van der Waals surface area contributed by atoms with Gasteiger partial charge in [-0.15, -0.1) is 0 Å². The van der Waals surface area contributed by atoms with E-state index in [2.05, 4.69) is 10.3 Å². The minimum atomic E-state index is -0.869. The van der Waals surface area contributed by atoms with Gasteiger partial charge < -0.3 is 15.0 Å². The van der Waals surface area contributed by atoms with Crippen LogP contribution >= 0.6 is 0 Å². The monoisotopic (exact) mass is 239 g/mol. The summed E-state index contributed by atoms with van der Waals surface area (Å²) in [5, 5.41) is 11.1. The average Bonchev–Trinajstić information content (AvgIpc) is 2.63. The molecule has 1 aromatic rings. The Bertz CT molecular complexity index is 387.